The summed E-state index contributed by atoms with van der Waals surface area (Å²) in [4.78, 5) is 29.4. The molecule has 2 fully saturated rings. The summed E-state index contributed by atoms with van der Waals surface area (Å²) in [5, 5.41) is 1.90. The number of amides is 2. The first-order valence-electron chi connectivity index (χ1n) is 10.4. The minimum Gasteiger partial charge on any atom is -0.377 e. The zero-order valence-corrected chi connectivity index (χ0v) is 19.7. The van der Waals surface area contributed by atoms with Gasteiger partial charge in [0, 0.05) is 44.9 Å². The second kappa shape index (κ2) is 9.88. The minimum atomic E-state index is -3.89. The molecule has 4 rings (SSSR count). The Morgan fingerprint density at radius 3 is 2.47 bits per heavy atom. The molecule has 8 nitrogen and oxygen atoms in total. The van der Waals surface area contributed by atoms with Gasteiger partial charge < -0.3 is 14.5 Å². The molecule has 0 aliphatic carbocycles. The van der Waals surface area contributed by atoms with Crippen LogP contribution in [0.1, 0.15) is 32.9 Å². The molecule has 2 amide bonds. The first-order valence-corrected chi connectivity index (χ1v) is 13.1. The van der Waals surface area contributed by atoms with Gasteiger partial charge in [0.15, 0.2) is 0 Å². The van der Waals surface area contributed by atoms with Gasteiger partial charge in [0.2, 0.25) is 10.0 Å². The van der Waals surface area contributed by atoms with Crippen LogP contribution in [0.25, 0.3) is 0 Å². The van der Waals surface area contributed by atoms with Gasteiger partial charge in [0.1, 0.15) is 4.90 Å². The van der Waals surface area contributed by atoms with Crippen molar-refractivity contribution in [3.8, 4) is 0 Å². The number of piperazine rings is 1. The Morgan fingerprint density at radius 2 is 1.84 bits per heavy atom. The maximum atomic E-state index is 13.0. The second-order valence-electron chi connectivity index (χ2n) is 7.69. The highest BCUT2D eigenvalue weighted by atomic mass is 35.5. The van der Waals surface area contributed by atoms with Crippen molar-refractivity contribution in [2.75, 3.05) is 39.3 Å². The van der Waals surface area contributed by atoms with Crippen LogP contribution in [0.3, 0.4) is 0 Å². The molecule has 2 aromatic rings. The van der Waals surface area contributed by atoms with E-state index < -0.39 is 10.0 Å². The maximum absolute atomic E-state index is 13.0. The fourth-order valence-electron chi connectivity index (χ4n) is 3.78. The minimum absolute atomic E-state index is 0.0377. The topological polar surface area (TPSA) is 96.0 Å². The summed E-state index contributed by atoms with van der Waals surface area (Å²) < 4.78 is 33.5. The number of hydrogen-bond donors (Lipinski definition) is 1. The lowest BCUT2D eigenvalue weighted by Gasteiger charge is -2.34. The molecule has 1 aromatic heterocycles. The van der Waals surface area contributed by atoms with Crippen LogP contribution in [-0.2, 0) is 14.8 Å². The van der Waals surface area contributed by atoms with Crippen LogP contribution >= 0.6 is 22.9 Å². The lowest BCUT2D eigenvalue weighted by molar-refractivity contribution is 0.0538. The third kappa shape index (κ3) is 5.15. The van der Waals surface area contributed by atoms with Gasteiger partial charge in [-0.1, -0.05) is 17.7 Å². The van der Waals surface area contributed by atoms with Gasteiger partial charge in [-0.3, -0.25) is 9.59 Å². The van der Waals surface area contributed by atoms with Crippen molar-refractivity contribution in [3.05, 3.63) is 51.2 Å². The van der Waals surface area contributed by atoms with Crippen molar-refractivity contribution in [2.45, 2.75) is 23.8 Å². The Hall–Kier alpha value is -1.98. The van der Waals surface area contributed by atoms with Gasteiger partial charge in [-0.25, -0.2) is 13.1 Å². The Kier molecular flexibility index (Phi) is 7.16. The first kappa shape index (κ1) is 23.2. The van der Waals surface area contributed by atoms with Crippen LogP contribution in [0.5, 0.6) is 0 Å². The van der Waals surface area contributed by atoms with Gasteiger partial charge in [0.25, 0.3) is 11.8 Å². The van der Waals surface area contributed by atoms with Crippen molar-refractivity contribution >= 4 is 44.8 Å². The number of nitrogens with one attached hydrogen (secondary N) is 1. The number of benzene rings is 1. The molecule has 0 spiro atoms. The number of sulfonamides is 1. The molecule has 2 aliphatic heterocycles. The third-order valence-electron chi connectivity index (χ3n) is 5.58. The molecule has 1 atom stereocenters. The summed E-state index contributed by atoms with van der Waals surface area (Å²) in [5.41, 5.74) is 0.241. The van der Waals surface area contributed by atoms with E-state index >= 15 is 0 Å². The number of nitrogens with zero attached hydrogens (tertiary/aromatic N) is 2. The van der Waals surface area contributed by atoms with Crippen molar-refractivity contribution in [1.29, 1.82) is 0 Å². The smallest absolute Gasteiger partial charge is 0.264 e. The molecular weight excluding hydrogens is 474 g/mol. The predicted molar refractivity (Wildman–Crippen MR) is 122 cm³/mol. The summed E-state index contributed by atoms with van der Waals surface area (Å²) in [6, 6.07) is 7.87. The summed E-state index contributed by atoms with van der Waals surface area (Å²) in [7, 11) is -3.89. The van der Waals surface area contributed by atoms with E-state index in [4.69, 9.17) is 16.3 Å². The van der Waals surface area contributed by atoms with Gasteiger partial charge in [-0.15, -0.1) is 11.3 Å². The summed E-state index contributed by atoms with van der Waals surface area (Å²) >= 11 is 7.54. The zero-order chi connectivity index (χ0) is 22.7. The molecule has 1 unspecified atom stereocenters. The Balaban J connectivity index is 1.41. The van der Waals surface area contributed by atoms with E-state index in [9.17, 15) is 18.0 Å². The molecule has 172 valence electrons. The van der Waals surface area contributed by atoms with E-state index in [2.05, 4.69) is 4.72 Å². The fourth-order valence-corrected chi connectivity index (χ4v) is 6.06. The number of ether oxygens (including phenoxy) is 1. The van der Waals surface area contributed by atoms with Crippen LogP contribution in [-0.4, -0.2) is 75.5 Å². The van der Waals surface area contributed by atoms with Crippen molar-refractivity contribution in [2.24, 2.45) is 0 Å². The molecule has 3 heterocycles. The molecule has 0 saturated carbocycles. The van der Waals surface area contributed by atoms with Crippen LogP contribution in [0.2, 0.25) is 5.02 Å². The number of rotatable bonds is 6. The lowest BCUT2D eigenvalue weighted by atomic mass is 10.2. The van der Waals surface area contributed by atoms with Crippen LogP contribution < -0.4 is 4.72 Å². The van der Waals surface area contributed by atoms with Crippen molar-refractivity contribution < 1.29 is 22.7 Å². The molecule has 1 N–H and O–H groups in total. The van der Waals surface area contributed by atoms with Crippen LogP contribution in [0, 0.1) is 0 Å². The number of halogens is 1. The predicted octanol–water partition coefficient (Wildman–Crippen LogP) is 2.46. The summed E-state index contributed by atoms with van der Waals surface area (Å²) in [6.07, 6.45) is 1.56. The van der Waals surface area contributed by atoms with Crippen molar-refractivity contribution in [3.63, 3.8) is 0 Å². The summed E-state index contributed by atoms with van der Waals surface area (Å²) in [6.45, 7) is 2.38. The normalized spacial score (nSPS) is 19.3. The third-order valence-corrected chi connectivity index (χ3v) is 8.34. The number of carbonyl (C=O) groups excluding carboxylic acids is 2. The standard InChI is InChI=1S/C21H24ClN3O5S2/c22-17-6-5-15(13-19(17)32(28,29)23-14-16-3-1-11-30-16)20(26)24-7-9-25(10-8-24)21(27)18-4-2-12-31-18/h2,4-6,12-13,16,23H,1,3,7-11,14H2. The largest absolute Gasteiger partial charge is 0.377 e. The Bertz CT molecular complexity index is 1080. The molecule has 0 radical (unpaired) electrons. The van der Waals surface area contributed by atoms with E-state index in [1.165, 1.54) is 29.5 Å². The monoisotopic (exact) mass is 497 g/mol. The SMILES string of the molecule is O=C(c1ccc(Cl)c(S(=O)(=O)NCC2CCCO2)c1)N1CCN(C(=O)c2cccs2)CC1. The molecular formula is C21H24ClN3O5S2. The van der Waals surface area contributed by atoms with Crippen LogP contribution in [0.4, 0.5) is 0 Å². The molecule has 32 heavy (non-hydrogen) atoms. The second-order valence-corrected chi connectivity index (χ2v) is 10.8. The highest BCUT2D eigenvalue weighted by Gasteiger charge is 2.28. The van der Waals surface area contributed by atoms with Gasteiger partial charge in [0.05, 0.1) is 16.0 Å². The lowest BCUT2D eigenvalue weighted by Crippen LogP contribution is -2.50. The molecule has 2 aliphatic rings. The quantitative estimate of drug-likeness (QED) is 0.661. The highest BCUT2D eigenvalue weighted by Crippen LogP contribution is 2.24. The van der Waals surface area contributed by atoms with E-state index in [1.807, 2.05) is 11.4 Å². The van der Waals surface area contributed by atoms with E-state index in [-0.39, 0.29) is 39.9 Å². The van der Waals surface area contributed by atoms with Gasteiger partial charge in [-0.05, 0) is 42.5 Å². The number of carbonyl (C=O) groups is 2. The summed E-state index contributed by atoms with van der Waals surface area (Å²) in [5.74, 6) is -0.329. The molecule has 1 aromatic carbocycles. The average Bonchev–Trinajstić information content (AvgIpc) is 3.51. The Morgan fingerprint density at radius 1 is 1.12 bits per heavy atom. The van der Waals surface area contributed by atoms with E-state index in [0.717, 1.165) is 12.8 Å². The van der Waals surface area contributed by atoms with Gasteiger partial charge in [-0.2, -0.15) is 0 Å². The Labute approximate surface area is 196 Å². The van der Waals surface area contributed by atoms with Crippen LogP contribution in [0.15, 0.2) is 40.6 Å². The average molecular weight is 498 g/mol. The zero-order valence-electron chi connectivity index (χ0n) is 17.3. The number of thiophene rings is 1. The maximum Gasteiger partial charge on any atom is 0.264 e. The van der Waals surface area contributed by atoms with Gasteiger partial charge >= 0.3 is 0 Å². The highest BCUT2D eigenvalue weighted by molar-refractivity contribution is 7.89. The molecule has 2 saturated heterocycles. The number of hydrogen-bond acceptors (Lipinski definition) is 6. The molecule has 11 heteroatoms. The van der Waals surface area contributed by atoms with E-state index in [1.54, 1.807) is 15.9 Å². The first-order chi connectivity index (χ1) is 15.3. The fraction of sp³-hybridized carbons (Fsp3) is 0.429. The van der Waals surface area contributed by atoms with E-state index in [0.29, 0.717) is 37.7 Å². The molecule has 0 bridgehead atoms. The van der Waals surface area contributed by atoms with Crippen molar-refractivity contribution in [1.82, 2.24) is 14.5 Å².